The van der Waals surface area contributed by atoms with E-state index in [1.54, 1.807) is 19.1 Å². The average Bonchev–Trinajstić information content (AvgIpc) is 2.16. The van der Waals surface area contributed by atoms with Crippen molar-refractivity contribution in [3.05, 3.63) is 17.7 Å². The molecule has 0 spiro atoms. The van der Waals surface area contributed by atoms with Gasteiger partial charge in [0.25, 0.3) is 0 Å². The number of methoxy groups -OCH3 is 2. The molecule has 0 bridgehead atoms. The van der Waals surface area contributed by atoms with Crippen LogP contribution in [0.5, 0.6) is 17.2 Å². The molecule has 1 aromatic rings. The number of nitrogens with two attached hydrogens (primary N) is 1. The first-order valence-electron chi connectivity index (χ1n) is 4.31. The molecule has 0 aliphatic rings. The Morgan fingerprint density at radius 2 is 1.93 bits per heavy atom. The van der Waals surface area contributed by atoms with Gasteiger partial charge in [-0.25, -0.2) is 0 Å². The van der Waals surface area contributed by atoms with E-state index in [0.717, 1.165) is 0 Å². The molecule has 0 unspecified atom stereocenters. The monoisotopic (exact) mass is 197 g/mol. The van der Waals surface area contributed by atoms with E-state index in [1.807, 2.05) is 0 Å². The van der Waals surface area contributed by atoms with E-state index in [-0.39, 0.29) is 11.8 Å². The van der Waals surface area contributed by atoms with E-state index < -0.39 is 0 Å². The summed E-state index contributed by atoms with van der Waals surface area (Å²) in [5.41, 5.74) is 6.31. The third-order valence-electron chi connectivity index (χ3n) is 2.04. The molecule has 0 saturated heterocycles. The molecule has 0 heterocycles. The highest BCUT2D eigenvalue weighted by Crippen LogP contribution is 2.40. The van der Waals surface area contributed by atoms with E-state index in [4.69, 9.17) is 15.2 Å². The van der Waals surface area contributed by atoms with Crippen molar-refractivity contribution in [1.29, 1.82) is 0 Å². The second-order valence-corrected chi connectivity index (χ2v) is 3.03. The molecule has 0 aliphatic carbocycles. The normalized spacial score (nSPS) is 12.3. The van der Waals surface area contributed by atoms with Gasteiger partial charge in [-0.3, -0.25) is 0 Å². The minimum atomic E-state index is -0.241. The van der Waals surface area contributed by atoms with Crippen LogP contribution < -0.4 is 15.2 Å². The maximum atomic E-state index is 9.79. The van der Waals surface area contributed by atoms with Crippen molar-refractivity contribution in [1.82, 2.24) is 0 Å². The summed E-state index contributed by atoms with van der Waals surface area (Å²) < 4.78 is 10.1. The van der Waals surface area contributed by atoms with Gasteiger partial charge >= 0.3 is 0 Å². The van der Waals surface area contributed by atoms with Crippen LogP contribution in [-0.4, -0.2) is 19.3 Å². The lowest BCUT2D eigenvalue weighted by Crippen LogP contribution is -2.06. The van der Waals surface area contributed by atoms with Gasteiger partial charge < -0.3 is 20.3 Å². The van der Waals surface area contributed by atoms with Crippen LogP contribution in [0, 0.1) is 0 Å². The van der Waals surface area contributed by atoms with E-state index in [9.17, 15) is 5.11 Å². The quantitative estimate of drug-likeness (QED) is 0.769. The Labute approximate surface area is 83.3 Å². The Hall–Kier alpha value is -1.42. The highest BCUT2D eigenvalue weighted by Gasteiger charge is 2.15. The van der Waals surface area contributed by atoms with Gasteiger partial charge in [0.15, 0.2) is 11.5 Å². The van der Waals surface area contributed by atoms with Crippen LogP contribution >= 0.6 is 0 Å². The molecule has 0 fully saturated rings. The van der Waals surface area contributed by atoms with Crippen LogP contribution in [0.4, 0.5) is 0 Å². The highest BCUT2D eigenvalue weighted by atomic mass is 16.5. The topological polar surface area (TPSA) is 64.7 Å². The summed E-state index contributed by atoms with van der Waals surface area (Å²) in [5, 5.41) is 9.79. The van der Waals surface area contributed by atoms with E-state index in [1.165, 1.54) is 14.2 Å². The van der Waals surface area contributed by atoms with Crippen molar-refractivity contribution in [2.75, 3.05) is 14.2 Å². The molecule has 0 aliphatic heterocycles. The molecule has 0 saturated carbocycles. The third-order valence-corrected chi connectivity index (χ3v) is 2.04. The van der Waals surface area contributed by atoms with Gasteiger partial charge in [-0.1, -0.05) is 0 Å². The van der Waals surface area contributed by atoms with Crippen LogP contribution in [0.25, 0.3) is 0 Å². The summed E-state index contributed by atoms with van der Waals surface area (Å²) in [4.78, 5) is 0. The number of phenolic OH excluding ortho intramolecular Hbond substituents is 1. The first-order valence-corrected chi connectivity index (χ1v) is 4.31. The molecule has 14 heavy (non-hydrogen) atoms. The van der Waals surface area contributed by atoms with Crippen LogP contribution in [0.2, 0.25) is 0 Å². The Balaban J connectivity index is 3.27. The molecule has 1 aromatic carbocycles. The fraction of sp³-hybridized carbons (Fsp3) is 0.400. The first-order chi connectivity index (χ1) is 6.61. The summed E-state index contributed by atoms with van der Waals surface area (Å²) in [6.07, 6.45) is 0. The summed E-state index contributed by atoms with van der Waals surface area (Å²) in [7, 11) is 2.99. The Morgan fingerprint density at radius 1 is 1.29 bits per heavy atom. The second-order valence-electron chi connectivity index (χ2n) is 3.03. The zero-order valence-corrected chi connectivity index (χ0v) is 8.57. The number of rotatable bonds is 3. The molecule has 0 amide bonds. The Kier molecular flexibility index (Phi) is 3.19. The Morgan fingerprint density at radius 3 is 2.36 bits per heavy atom. The number of aromatic hydroxyl groups is 1. The number of hydrogen-bond donors (Lipinski definition) is 2. The van der Waals surface area contributed by atoms with Gasteiger partial charge in [0.1, 0.15) is 0 Å². The van der Waals surface area contributed by atoms with Crippen molar-refractivity contribution < 1.29 is 14.6 Å². The minimum absolute atomic E-state index is 0.0434. The molecule has 0 aromatic heterocycles. The fourth-order valence-corrected chi connectivity index (χ4v) is 1.29. The smallest absolute Gasteiger partial charge is 0.203 e. The van der Waals surface area contributed by atoms with Gasteiger partial charge in [-0.15, -0.1) is 0 Å². The summed E-state index contributed by atoms with van der Waals surface area (Å²) in [5.74, 6) is 0.860. The minimum Gasteiger partial charge on any atom is -0.504 e. The Bertz CT molecular complexity index is 323. The van der Waals surface area contributed by atoms with Crippen LogP contribution in [0.3, 0.4) is 0 Å². The standard InChI is InChI=1S/C10H15NO3/c1-6(11)7-4-5-8(13-2)10(14-3)9(7)12/h4-6,12H,11H2,1-3H3/t6-/m0/s1. The molecule has 1 atom stereocenters. The van der Waals surface area contributed by atoms with Crippen LogP contribution in [0.1, 0.15) is 18.5 Å². The maximum absolute atomic E-state index is 9.79. The van der Waals surface area contributed by atoms with E-state index >= 15 is 0 Å². The second kappa shape index (κ2) is 4.19. The van der Waals surface area contributed by atoms with Gasteiger partial charge in [0.05, 0.1) is 14.2 Å². The van der Waals surface area contributed by atoms with Gasteiger partial charge in [-0.05, 0) is 19.1 Å². The lowest BCUT2D eigenvalue weighted by Gasteiger charge is -2.14. The van der Waals surface area contributed by atoms with Crippen LogP contribution in [0.15, 0.2) is 12.1 Å². The van der Waals surface area contributed by atoms with Crippen molar-refractivity contribution in [2.45, 2.75) is 13.0 Å². The van der Waals surface area contributed by atoms with Crippen molar-refractivity contribution in [3.8, 4) is 17.2 Å². The number of benzene rings is 1. The predicted octanol–water partition coefficient (Wildman–Crippen LogP) is 1.43. The fourth-order valence-electron chi connectivity index (χ4n) is 1.29. The lowest BCUT2D eigenvalue weighted by molar-refractivity contribution is 0.330. The van der Waals surface area contributed by atoms with E-state index in [0.29, 0.717) is 17.1 Å². The first kappa shape index (κ1) is 10.7. The average molecular weight is 197 g/mol. The van der Waals surface area contributed by atoms with E-state index in [2.05, 4.69) is 0 Å². The third kappa shape index (κ3) is 1.75. The number of phenols is 1. The van der Waals surface area contributed by atoms with Gasteiger partial charge in [0.2, 0.25) is 5.75 Å². The van der Waals surface area contributed by atoms with Crippen molar-refractivity contribution in [3.63, 3.8) is 0 Å². The molecular weight excluding hydrogens is 182 g/mol. The van der Waals surface area contributed by atoms with Crippen molar-refractivity contribution in [2.24, 2.45) is 5.73 Å². The molecular formula is C10H15NO3. The molecule has 1 rings (SSSR count). The predicted molar refractivity (Wildman–Crippen MR) is 53.8 cm³/mol. The van der Waals surface area contributed by atoms with Gasteiger partial charge in [-0.2, -0.15) is 0 Å². The lowest BCUT2D eigenvalue weighted by atomic mass is 10.1. The van der Waals surface area contributed by atoms with Crippen LogP contribution in [-0.2, 0) is 0 Å². The maximum Gasteiger partial charge on any atom is 0.203 e. The molecule has 3 N–H and O–H groups in total. The number of ether oxygens (including phenoxy) is 2. The van der Waals surface area contributed by atoms with Gasteiger partial charge in [0, 0.05) is 11.6 Å². The van der Waals surface area contributed by atoms with Crippen molar-refractivity contribution >= 4 is 0 Å². The summed E-state index contributed by atoms with van der Waals surface area (Å²) >= 11 is 0. The zero-order valence-electron chi connectivity index (χ0n) is 8.57. The summed E-state index contributed by atoms with van der Waals surface area (Å²) in [6.45, 7) is 1.79. The SMILES string of the molecule is COc1ccc([C@H](C)N)c(O)c1OC. The zero-order chi connectivity index (χ0) is 10.7. The largest absolute Gasteiger partial charge is 0.504 e. The number of hydrogen-bond acceptors (Lipinski definition) is 4. The highest BCUT2D eigenvalue weighted by molar-refractivity contribution is 5.55. The summed E-state index contributed by atoms with van der Waals surface area (Å²) in [6, 6.07) is 3.20. The molecule has 4 heteroatoms. The molecule has 4 nitrogen and oxygen atoms in total. The molecule has 78 valence electrons. The molecule has 0 radical (unpaired) electrons.